The van der Waals surface area contributed by atoms with Crippen molar-refractivity contribution in [2.75, 3.05) is 0 Å². The first-order valence-corrected chi connectivity index (χ1v) is 9.62. The van der Waals surface area contributed by atoms with Crippen molar-refractivity contribution in [1.82, 2.24) is 24.9 Å². The Labute approximate surface area is 173 Å². The zero-order chi connectivity index (χ0) is 19.8. The fourth-order valence-corrected chi connectivity index (χ4v) is 3.28. The zero-order valence-electron chi connectivity index (χ0n) is 15.0. The zero-order valence-corrected chi connectivity index (χ0v) is 16.5. The molecule has 6 nitrogen and oxygen atoms in total. The van der Waals surface area contributed by atoms with E-state index in [9.17, 15) is 4.39 Å². The summed E-state index contributed by atoms with van der Waals surface area (Å²) in [5.74, 6) is 0.647. The molecule has 0 saturated carbocycles. The van der Waals surface area contributed by atoms with Gasteiger partial charge in [-0.2, -0.15) is 5.10 Å². The van der Waals surface area contributed by atoms with Crippen molar-refractivity contribution < 1.29 is 8.91 Å². The van der Waals surface area contributed by atoms with Crippen LogP contribution in [0.1, 0.15) is 5.76 Å². The summed E-state index contributed by atoms with van der Waals surface area (Å²) < 4.78 is 22.2. The first-order valence-electron chi connectivity index (χ1n) is 8.82. The van der Waals surface area contributed by atoms with E-state index in [0.717, 1.165) is 15.7 Å². The number of hydrogen-bond donors (Lipinski definition) is 0. The molecule has 5 rings (SSSR count). The van der Waals surface area contributed by atoms with E-state index in [4.69, 9.17) is 4.52 Å². The maximum Gasteiger partial charge on any atom is 0.163 e. The third-order valence-corrected chi connectivity index (χ3v) is 4.97. The number of rotatable bonds is 4. The van der Waals surface area contributed by atoms with E-state index in [-0.39, 0.29) is 5.82 Å². The molecule has 0 amide bonds. The van der Waals surface area contributed by atoms with Crippen LogP contribution in [0.3, 0.4) is 0 Å². The SMILES string of the molecule is Fc1ccccc1-c1nc2cnn(Cc3cc(-c4ccc(Br)cc4)no3)cc-2n1. The molecule has 8 heteroatoms. The molecule has 0 bridgehead atoms. The summed E-state index contributed by atoms with van der Waals surface area (Å²) in [6.07, 6.45) is 3.37. The number of halogens is 2. The van der Waals surface area contributed by atoms with Crippen molar-refractivity contribution in [1.29, 1.82) is 0 Å². The van der Waals surface area contributed by atoms with Gasteiger partial charge >= 0.3 is 0 Å². The third-order valence-electron chi connectivity index (χ3n) is 4.45. The third kappa shape index (κ3) is 3.54. The molecule has 0 atom stereocenters. The van der Waals surface area contributed by atoms with Crippen molar-refractivity contribution in [3.63, 3.8) is 0 Å². The average molecular weight is 450 g/mol. The second kappa shape index (κ2) is 7.21. The number of hydrogen-bond acceptors (Lipinski definition) is 5. The summed E-state index contributed by atoms with van der Waals surface area (Å²) in [7, 11) is 0. The molecule has 2 aromatic carbocycles. The molecular weight excluding hydrogens is 437 g/mol. The minimum Gasteiger partial charge on any atom is -0.359 e. The number of benzene rings is 2. The van der Waals surface area contributed by atoms with Gasteiger partial charge in [-0.25, -0.2) is 14.4 Å². The van der Waals surface area contributed by atoms with Crippen LogP contribution in [-0.2, 0) is 6.54 Å². The van der Waals surface area contributed by atoms with Crippen LogP contribution in [0.25, 0.3) is 34.0 Å². The highest BCUT2D eigenvalue weighted by Crippen LogP contribution is 2.26. The second-order valence-electron chi connectivity index (χ2n) is 6.45. The van der Waals surface area contributed by atoms with Gasteiger partial charge in [-0.05, 0) is 24.3 Å². The van der Waals surface area contributed by atoms with Crippen molar-refractivity contribution in [3.8, 4) is 34.0 Å². The maximum absolute atomic E-state index is 14.0. The van der Waals surface area contributed by atoms with Crippen LogP contribution in [0.5, 0.6) is 0 Å². The Morgan fingerprint density at radius 3 is 2.59 bits per heavy atom. The predicted molar refractivity (Wildman–Crippen MR) is 109 cm³/mol. The molecule has 29 heavy (non-hydrogen) atoms. The molecule has 0 saturated heterocycles. The first kappa shape index (κ1) is 17.7. The van der Waals surface area contributed by atoms with Crippen molar-refractivity contribution in [3.05, 3.63) is 83.0 Å². The van der Waals surface area contributed by atoms with E-state index < -0.39 is 0 Å². The normalized spacial score (nSPS) is 11.2. The van der Waals surface area contributed by atoms with Gasteiger partial charge < -0.3 is 4.52 Å². The monoisotopic (exact) mass is 449 g/mol. The standard InChI is InChI=1S/C21H13BrFN5O/c22-14-7-5-13(6-8-14)18-9-15(29-27-18)11-28-12-20-19(10-24-28)25-21(26-20)16-3-1-2-4-17(16)23/h1-10,12H,11H2. The number of aromatic nitrogens is 5. The minimum atomic E-state index is -0.356. The number of fused-ring (bicyclic) bond motifs is 1. The minimum absolute atomic E-state index is 0.342. The molecule has 0 fully saturated rings. The quantitative estimate of drug-likeness (QED) is 0.383. The topological polar surface area (TPSA) is 69.6 Å². The van der Waals surface area contributed by atoms with Crippen molar-refractivity contribution in [2.45, 2.75) is 6.54 Å². The van der Waals surface area contributed by atoms with Gasteiger partial charge in [0, 0.05) is 16.1 Å². The Balaban J connectivity index is 1.41. The van der Waals surface area contributed by atoms with Crippen LogP contribution in [0.4, 0.5) is 4.39 Å². The summed E-state index contributed by atoms with van der Waals surface area (Å²) >= 11 is 3.42. The average Bonchev–Trinajstić information content (AvgIpc) is 3.35. The summed E-state index contributed by atoms with van der Waals surface area (Å²) in [5, 5.41) is 8.48. The lowest BCUT2D eigenvalue weighted by atomic mass is 10.1. The first-order chi connectivity index (χ1) is 14.2. The highest BCUT2D eigenvalue weighted by molar-refractivity contribution is 9.10. The Kier molecular flexibility index (Phi) is 4.40. The molecule has 3 aromatic rings. The van der Waals surface area contributed by atoms with Gasteiger partial charge in [0.2, 0.25) is 0 Å². The fourth-order valence-electron chi connectivity index (χ4n) is 3.01. The van der Waals surface area contributed by atoms with E-state index in [0.29, 0.717) is 35.1 Å². The van der Waals surface area contributed by atoms with Gasteiger partial charge in [-0.3, -0.25) is 4.68 Å². The Morgan fingerprint density at radius 2 is 1.76 bits per heavy atom. The summed E-state index contributed by atoms with van der Waals surface area (Å²) in [6.45, 7) is 0.390. The van der Waals surface area contributed by atoms with Crippen LogP contribution >= 0.6 is 15.9 Å². The van der Waals surface area contributed by atoms with Gasteiger partial charge in [0.25, 0.3) is 0 Å². The van der Waals surface area contributed by atoms with Gasteiger partial charge in [0.1, 0.15) is 29.4 Å². The van der Waals surface area contributed by atoms with Gasteiger partial charge in [0.15, 0.2) is 11.6 Å². The van der Waals surface area contributed by atoms with Gasteiger partial charge in [-0.1, -0.05) is 45.4 Å². The molecule has 3 heterocycles. The molecule has 0 radical (unpaired) electrons. The molecule has 0 N–H and O–H groups in total. The molecule has 1 aromatic heterocycles. The van der Waals surface area contributed by atoms with E-state index in [1.54, 1.807) is 35.3 Å². The highest BCUT2D eigenvalue weighted by Gasteiger charge is 2.16. The highest BCUT2D eigenvalue weighted by atomic mass is 79.9. The molecule has 0 unspecified atom stereocenters. The predicted octanol–water partition coefficient (Wildman–Crippen LogP) is 5.05. The fraction of sp³-hybridized carbons (Fsp3) is 0.0476. The van der Waals surface area contributed by atoms with Crippen molar-refractivity contribution >= 4 is 15.9 Å². The van der Waals surface area contributed by atoms with Crippen molar-refractivity contribution in [2.24, 2.45) is 0 Å². The molecule has 2 aliphatic rings. The summed E-state index contributed by atoms with van der Waals surface area (Å²) in [4.78, 5) is 8.82. The lowest BCUT2D eigenvalue weighted by Crippen LogP contribution is -2.04. The van der Waals surface area contributed by atoms with Gasteiger partial charge in [0.05, 0.1) is 18.0 Å². The number of imidazole rings is 1. The summed E-state index contributed by atoms with van der Waals surface area (Å²) in [6, 6.07) is 16.2. The maximum atomic E-state index is 14.0. The van der Waals surface area contributed by atoms with Crippen LogP contribution in [0.15, 0.2) is 76.0 Å². The van der Waals surface area contributed by atoms with Crippen LogP contribution in [-0.4, -0.2) is 24.9 Å². The molecule has 142 valence electrons. The molecule has 2 aliphatic heterocycles. The Hall–Kier alpha value is -3.39. The summed E-state index contributed by atoms with van der Waals surface area (Å²) in [5.41, 5.74) is 3.32. The Bertz CT molecular complexity index is 1260. The van der Waals surface area contributed by atoms with E-state index in [2.05, 4.69) is 36.2 Å². The molecule has 0 spiro atoms. The smallest absolute Gasteiger partial charge is 0.163 e. The van der Waals surface area contributed by atoms with E-state index in [1.165, 1.54) is 6.07 Å². The largest absolute Gasteiger partial charge is 0.359 e. The second-order valence-corrected chi connectivity index (χ2v) is 7.37. The van der Waals surface area contributed by atoms with Crippen LogP contribution < -0.4 is 0 Å². The van der Waals surface area contributed by atoms with E-state index >= 15 is 0 Å². The van der Waals surface area contributed by atoms with Gasteiger partial charge in [-0.15, -0.1) is 0 Å². The lowest BCUT2D eigenvalue weighted by molar-refractivity contribution is 0.372. The Morgan fingerprint density at radius 1 is 0.966 bits per heavy atom. The van der Waals surface area contributed by atoms with Crippen LogP contribution in [0, 0.1) is 5.82 Å². The molecular formula is C21H13BrFN5O. The van der Waals surface area contributed by atoms with E-state index in [1.807, 2.05) is 30.3 Å². The molecule has 0 aliphatic carbocycles. The number of nitrogens with zero attached hydrogens (tertiary/aromatic N) is 5. The lowest BCUT2D eigenvalue weighted by Gasteiger charge is -2.03. The van der Waals surface area contributed by atoms with Crippen LogP contribution in [0.2, 0.25) is 0 Å².